The predicted octanol–water partition coefficient (Wildman–Crippen LogP) is 3.51. The molecule has 8 heteroatoms. The van der Waals surface area contributed by atoms with Crippen LogP contribution in [0.2, 0.25) is 0 Å². The fraction of sp³-hybridized carbons (Fsp3) is 0.190. The van der Waals surface area contributed by atoms with E-state index in [4.69, 9.17) is 4.42 Å². The number of aromatic nitrogens is 5. The summed E-state index contributed by atoms with van der Waals surface area (Å²) in [6.07, 6.45) is 3.93. The third-order valence-corrected chi connectivity index (χ3v) is 4.53. The first-order chi connectivity index (χ1) is 14.1. The van der Waals surface area contributed by atoms with E-state index in [1.165, 1.54) is 11.9 Å². The number of aryl methyl sites for hydroxylation is 3. The molecule has 0 atom stereocenters. The molecule has 2 aromatic carbocycles. The zero-order valence-electron chi connectivity index (χ0n) is 16.2. The lowest BCUT2D eigenvalue weighted by atomic mass is 10.1. The van der Waals surface area contributed by atoms with Gasteiger partial charge in [-0.1, -0.05) is 29.8 Å². The van der Waals surface area contributed by atoms with Crippen LogP contribution in [0.3, 0.4) is 0 Å². The van der Waals surface area contributed by atoms with Crippen LogP contribution in [0.15, 0.2) is 59.4 Å². The van der Waals surface area contributed by atoms with Crippen LogP contribution < -0.4 is 5.32 Å². The Morgan fingerprint density at radius 1 is 1.14 bits per heavy atom. The summed E-state index contributed by atoms with van der Waals surface area (Å²) in [5.74, 6) is 1.14. The molecular formula is C21H20N6O2. The Kier molecular flexibility index (Phi) is 5.15. The monoisotopic (exact) mass is 388 g/mol. The maximum atomic E-state index is 12.3. The van der Waals surface area contributed by atoms with E-state index in [0.717, 1.165) is 22.5 Å². The van der Waals surface area contributed by atoms with Crippen molar-refractivity contribution in [3.8, 4) is 17.0 Å². The topological polar surface area (TPSA) is 98.7 Å². The van der Waals surface area contributed by atoms with Crippen LogP contribution in [-0.4, -0.2) is 31.1 Å². The SMILES string of the molecule is Cc1ccc(-c2cnc(CCC(=O)Nc3ccc(-n4cnnn4)c(C)c3)o2)cc1. The second-order valence-corrected chi connectivity index (χ2v) is 6.79. The van der Waals surface area contributed by atoms with Gasteiger partial charge >= 0.3 is 0 Å². The van der Waals surface area contributed by atoms with E-state index in [1.807, 2.05) is 56.3 Å². The molecule has 0 bridgehead atoms. The number of anilines is 1. The molecule has 1 amide bonds. The van der Waals surface area contributed by atoms with Gasteiger partial charge in [0.2, 0.25) is 5.91 Å². The molecule has 1 N–H and O–H groups in total. The van der Waals surface area contributed by atoms with E-state index in [2.05, 4.69) is 25.8 Å². The number of carbonyl (C=O) groups is 1. The van der Waals surface area contributed by atoms with Crippen molar-refractivity contribution in [1.82, 2.24) is 25.2 Å². The van der Waals surface area contributed by atoms with Gasteiger partial charge in [0.05, 0.1) is 11.9 Å². The number of nitrogens with one attached hydrogen (secondary N) is 1. The lowest BCUT2D eigenvalue weighted by molar-refractivity contribution is -0.116. The Morgan fingerprint density at radius 2 is 1.97 bits per heavy atom. The maximum absolute atomic E-state index is 12.3. The molecule has 0 saturated heterocycles. The largest absolute Gasteiger partial charge is 0.441 e. The van der Waals surface area contributed by atoms with Crippen LogP contribution in [-0.2, 0) is 11.2 Å². The van der Waals surface area contributed by atoms with Gasteiger partial charge in [0.1, 0.15) is 6.33 Å². The highest BCUT2D eigenvalue weighted by atomic mass is 16.4. The molecule has 0 unspecified atom stereocenters. The van der Waals surface area contributed by atoms with Crippen molar-refractivity contribution in [2.75, 3.05) is 5.32 Å². The van der Waals surface area contributed by atoms with E-state index in [-0.39, 0.29) is 12.3 Å². The molecule has 2 aromatic heterocycles. The minimum atomic E-state index is -0.102. The van der Waals surface area contributed by atoms with Gasteiger partial charge < -0.3 is 9.73 Å². The Labute approximate surface area is 167 Å². The smallest absolute Gasteiger partial charge is 0.224 e. The van der Waals surface area contributed by atoms with E-state index < -0.39 is 0 Å². The molecule has 0 aliphatic heterocycles. The van der Waals surface area contributed by atoms with Crippen molar-refractivity contribution >= 4 is 11.6 Å². The lowest BCUT2D eigenvalue weighted by Crippen LogP contribution is -2.12. The first kappa shape index (κ1) is 18.5. The van der Waals surface area contributed by atoms with Gasteiger partial charge in [0.15, 0.2) is 11.7 Å². The summed E-state index contributed by atoms with van der Waals surface area (Å²) in [5.41, 5.74) is 4.68. The van der Waals surface area contributed by atoms with Crippen molar-refractivity contribution in [3.63, 3.8) is 0 Å². The third-order valence-electron chi connectivity index (χ3n) is 4.53. The maximum Gasteiger partial charge on any atom is 0.224 e. The molecule has 2 heterocycles. The summed E-state index contributed by atoms with van der Waals surface area (Å²) < 4.78 is 7.35. The van der Waals surface area contributed by atoms with Crippen LogP contribution in [0.25, 0.3) is 17.0 Å². The summed E-state index contributed by atoms with van der Waals surface area (Å²) >= 11 is 0. The molecule has 0 saturated carbocycles. The first-order valence-corrected chi connectivity index (χ1v) is 9.24. The highest BCUT2D eigenvalue weighted by Crippen LogP contribution is 2.22. The van der Waals surface area contributed by atoms with E-state index in [0.29, 0.717) is 18.1 Å². The Bertz CT molecular complexity index is 1120. The van der Waals surface area contributed by atoms with Crippen LogP contribution in [0.5, 0.6) is 0 Å². The number of carbonyl (C=O) groups excluding carboxylic acids is 1. The number of amides is 1. The second kappa shape index (κ2) is 8.05. The highest BCUT2D eigenvalue weighted by molar-refractivity contribution is 5.91. The summed E-state index contributed by atoms with van der Waals surface area (Å²) in [6.45, 7) is 3.97. The molecule has 0 radical (unpaired) electrons. The van der Waals surface area contributed by atoms with E-state index in [1.54, 1.807) is 10.9 Å². The average molecular weight is 388 g/mol. The van der Waals surface area contributed by atoms with Crippen molar-refractivity contribution in [2.24, 2.45) is 0 Å². The van der Waals surface area contributed by atoms with Gasteiger partial charge in [-0.25, -0.2) is 9.67 Å². The summed E-state index contributed by atoms with van der Waals surface area (Å²) in [4.78, 5) is 16.6. The van der Waals surface area contributed by atoms with Crippen molar-refractivity contribution in [3.05, 3.63) is 72.0 Å². The molecular weight excluding hydrogens is 368 g/mol. The standard InChI is InChI=1S/C21H20N6O2/c1-14-3-5-16(6-4-14)19-12-22-21(29-19)10-9-20(28)24-17-7-8-18(15(2)11-17)27-13-23-25-26-27/h3-8,11-13H,9-10H2,1-2H3,(H,24,28). The molecule has 0 spiro atoms. The van der Waals surface area contributed by atoms with Crippen LogP contribution in [0.1, 0.15) is 23.4 Å². The van der Waals surface area contributed by atoms with Gasteiger partial charge in [-0.15, -0.1) is 5.10 Å². The molecule has 146 valence electrons. The zero-order valence-corrected chi connectivity index (χ0v) is 16.2. The first-order valence-electron chi connectivity index (χ1n) is 9.24. The number of hydrogen-bond donors (Lipinski definition) is 1. The third kappa shape index (κ3) is 4.37. The quantitative estimate of drug-likeness (QED) is 0.543. The number of oxazole rings is 1. The molecule has 8 nitrogen and oxygen atoms in total. The normalized spacial score (nSPS) is 10.8. The van der Waals surface area contributed by atoms with Gasteiger partial charge in [-0.2, -0.15) is 0 Å². The van der Waals surface area contributed by atoms with Crippen LogP contribution in [0.4, 0.5) is 5.69 Å². The number of nitrogens with zero attached hydrogens (tertiary/aromatic N) is 5. The Hall–Kier alpha value is -3.81. The minimum Gasteiger partial charge on any atom is -0.441 e. The van der Waals surface area contributed by atoms with Crippen molar-refractivity contribution in [2.45, 2.75) is 26.7 Å². The van der Waals surface area contributed by atoms with Gasteiger partial charge in [0, 0.05) is 24.1 Å². The van der Waals surface area contributed by atoms with Crippen LogP contribution >= 0.6 is 0 Å². The lowest BCUT2D eigenvalue weighted by Gasteiger charge is -2.09. The average Bonchev–Trinajstić information content (AvgIpc) is 3.39. The minimum absolute atomic E-state index is 0.102. The Morgan fingerprint density at radius 3 is 2.69 bits per heavy atom. The van der Waals surface area contributed by atoms with Crippen LogP contribution in [0, 0.1) is 13.8 Å². The van der Waals surface area contributed by atoms with Gasteiger partial charge in [-0.05, 0) is 48.0 Å². The van der Waals surface area contributed by atoms with E-state index >= 15 is 0 Å². The van der Waals surface area contributed by atoms with Gasteiger partial charge in [-0.3, -0.25) is 4.79 Å². The molecule has 4 aromatic rings. The number of rotatable bonds is 6. The zero-order chi connectivity index (χ0) is 20.2. The highest BCUT2D eigenvalue weighted by Gasteiger charge is 2.10. The predicted molar refractivity (Wildman–Crippen MR) is 108 cm³/mol. The fourth-order valence-electron chi connectivity index (χ4n) is 2.98. The second-order valence-electron chi connectivity index (χ2n) is 6.79. The molecule has 0 fully saturated rings. The summed E-state index contributed by atoms with van der Waals surface area (Å²) in [6, 6.07) is 13.6. The summed E-state index contributed by atoms with van der Waals surface area (Å²) in [7, 11) is 0. The summed E-state index contributed by atoms with van der Waals surface area (Å²) in [5, 5.41) is 14.1. The number of benzene rings is 2. The number of tetrazole rings is 1. The molecule has 4 rings (SSSR count). The van der Waals surface area contributed by atoms with Crippen molar-refractivity contribution < 1.29 is 9.21 Å². The van der Waals surface area contributed by atoms with Gasteiger partial charge in [0.25, 0.3) is 0 Å². The molecule has 29 heavy (non-hydrogen) atoms. The fourth-order valence-corrected chi connectivity index (χ4v) is 2.98. The number of hydrogen-bond acceptors (Lipinski definition) is 6. The molecule has 0 aliphatic rings. The Balaban J connectivity index is 1.35. The van der Waals surface area contributed by atoms with E-state index in [9.17, 15) is 4.79 Å². The van der Waals surface area contributed by atoms with Crippen molar-refractivity contribution in [1.29, 1.82) is 0 Å². The molecule has 0 aliphatic carbocycles.